The van der Waals surface area contributed by atoms with Crippen molar-refractivity contribution in [3.63, 3.8) is 0 Å². The first-order valence-electron chi connectivity index (χ1n) is 5.86. The summed E-state index contributed by atoms with van der Waals surface area (Å²) < 4.78 is 5.59. The number of piperidine rings is 1. The lowest BCUT2D eigenvalue weighted by atomic mass is 9.84. The summed E-state index contributed by atoms with van der Waals surface area (Å²) in [6.07, 6.45) is 1.59. The quantitative estimate of drug-likeness (QED) is 0.690. The summed E-state index contributed by atoms with van der Waals surface area (Å²) in [7, 11) is 2.06. The second kappa shape index (κ2) is 3.47. The molecular formula is C13H15NO3. The van der Waals surface area contributed by atoms with Crippen LogP contribution < -0.4 is 0 Å². The molecule has 1 saturated heterocycles. The van der Waals surface area contributed by atoms with Crippen LogP contribution in [0.4, 0.5) is 0 Å². The van der Waals surface area contributed by atoms with Crippen LogP contribution >= 0.6 is 0 Å². The molecule has 90 valence electrons. The number of ether oxygens (including phenoxy) is 1. The Morgan fingerprint density at radius 2 is 2.06 bits per heavy atom. The van der Waals surface area contributed by atoms with Gasteiger partial charge in [0.25, 0.3) is 0 Å². The van der Waals surface area contributed by atoms with Crippen LogP contribution in [0, 0.1) is 0 Å². The smallest absolute Gasteiger partial charge is 0.339 e. The summed E-state index contributed by atoms with van der Waals surface area (Å²) in [6, 6.07) is 4.86. The maximum Gasteiger partial charge on any atom is 0.339 e. The van der Waals surface area contributed by atoms with Crippen LogP contribution in [0.3, 0.4) is 0 Å². The molecule has 1 spiro atoms. The van der Waals surface area contributed by atoms with Gasteiger partial charge in [-0.1, -0.05) is 0 Å². The van der Waals surface area contributed by atoms with Crippen LogP contribution in [-0.2, 0) is 10.3 Å². The van der Waals surface area contributed by atoms with E-state index in [1.54, 1.807) is 12.1 Å². The Hall–Kier alpha value is -1.55. The van der Waals surface area contributed by atoms with Crippen molar-refractivity contribution in [1.29, 1.82) is 0 Å². The maximum atomic E-state index is 11.8. The zero-order chi connectivity index (χ0) is 12.0. The number of rotatable bonds is 0. The van der Waals surface area contributed by atoms with Gasteiger partial charge in [0.05, 0.1) is 5.56 Å². The molecule has 0 saturated carbocycles. The van der Waals surface area contributed by atoms with E-state index < -0.39 is 5.60 Å². The monoisotopic (exact) mass is 233 g/mol. The van der Waals surface area contributed by atoms with E-state index >= 15 is 0 Å². The highest BCUT2D eigenvalue weighted by Crippen LogP contribution is 2.44. The molecular weight excluding hydrogens is 218 g/mol. The van der Waals surface area contributed by atoms with E-state index in [4.69, 9.17) is 4.74 Å². The Bertz CT molecular complexity index is 476. The van der Waals surface area contributed by atoms with Crippen molar-refractivity contribution < 1.29 is 14.6 Å². The fourth-order valence-corrected chi connectivity index (χ4v) is 2.73. The molecule has 0 amide bonds. The minimum atomic E-state index is -0.502. The van der Waals surface area contributed by atoms with Gasteiger partial charge in [-0.2, -0.15) is 0 Å². The first-order valence-corrected chi connectivity index (χ1v) is 5.86. The lowest BCUT2D eigenvalue weighted by molar-refractivity contribution is -0.0395. The fourth-order valence-electron chi connectivity index (χ4n) is 2.73. The molecule has 2 heterocycles. The zero-order valence-electron chi connectivity index (χ0n) is 9.77. The number of hydrogen-bond donors (Lipinski definition) is 1. The third kappa shape index (κ3) is 1.52. The summed E-state index contributed by atoms with van der Waals surface area (Å²) in [5.74, 6) is -0.0649. The normalized spacial score (nSPS) is 22.5. The molecule has 4 heteroatoms. The standard InChI is InChI=1S/C13H15NO3/c1-14-6-4-13(5-7-14)11-8-9(15)2-3-10(11)12(16)17-13/h2-3,8,15H,4-7H2,1H3. The summed E-state index contributed by atoms with van der Waals surface area (Å²) >= 11 is 0. The van der Waals surface area contributed by atoms with E-state index in [0.29, 0.717) is 5.56 Å². The van der Waals surface area contributed by atoms with Crippen LogP contribution in [-0.4, -0.2) is 36.1 Å². The van der Waals surface area contributed by atoms with Gasteiger partial charge in [0, 0.05) is 31.5 Å². The first-order chi connectivity index (χ1) is 8.11. The first kappa shape index (κ1) is 10.6. The third-order valence-corrected chi connectivity index (χ3v) is 3.80. The average Bonchev–Trinajstić information content (AvgIpc) is 2.57. The maximum absolute atomic E-state index is 11.8. The average molecular weight is 233 g/mol. The van der Waals surface area contributed by atoms with Gasteiger partial charge in [-0.25, -0.2) is 4.79 Å². The molecule has 2 aliphatic rings. The van der Waals surface area contributed by atoms with Gasteiger partial charge in [-0.05, 0) is 25.2 Å². The number of aromatic hydroxyl groups is 1. The molecule has 3 rings (SSSR count). The van der Waals surface area contributed by atoms with Crippen molar-refractivity contribution in [2.45, 2.75) is 18.4 Å². The van der Waals surface area contributed by atoms with Gasteiger partial charge < -0.3 is 14.7 Å². The number of carbonyl (C=O) groups excluding carboxylic acids is 1. The van der Waals surface area contributed by atoms with E-state index in [1.165, 1.54) is 6.07 Å². The number of carbonyl (C=O) groups is 1. The molecule has 1 N–H and O–H groups in total. The van der Waals surface area contributed by atoms with Crippen molar-refractivity contribution in [2.24, 2.45) is 0 Å². The van der Waals surface area contributed by atoms with E-state index in [9.17, 15) is 9.90 Å². The lowest BCUT2D eigenvalue weighted by Crippen LogP contribution is -2.40. The van der Waals surface area contributed by atoms with E-state index in [2.05, 4.69) is 11.9 Å². The summed E-state index contributed by atoms with van der Waals surface area (Å²) in [6.45, 7) is 1.81. The van der Waals surface area contributed by atoms with Crippen molar-refractivity contribution in [1.82, 2.24) is 4.90 Å². The minimum Gasteiger partial charge on any atom is -0.508 e. The van der Waals surface area contributed by atoms with Crippen LogP contribution in [0.25, 0.3) is 0 Å². The van der Waals surface area contributed by atoms with Gasteiger partial charge in [0.15, 0.2) is 0 Å². The largest absolute Gasteiger partial charge is 0.508 e. The van der Waals surface area contributed by atoms with Crippen molar-refractivity contribution in [3.05, 3.63) is 29.3 Å². The molecule has 0 aromatic heterocycles. The minimum absolute atomic E-state index is 0.195. The highest BCUT2D eigenvalue weighted by molar-refractivity contribution is 5.95. The van der Waals surface area contributed by atoms with E-state index in [1.807, 2.05) is 0 Å². The van der Waals surface area contributed by atoms with Gasteiger partial charge >= 0.3 is 5.97 Å². The molecule has 0 bridgehead atoms. The predicted octanol–water partition coefficient (Wildman–Crippen LogP) is 1.48. The molecule has 0 atom stereocenters. The molecule has 2 aliphatic heterocycles. The number of hydrogen-bond acceptors (Lipinski definition) is 4. The van der Waals surface area contributed by atoms with Crippen LogP contribution in [0.2, 0.25) is 0 Å². The molecule has 1 fully saturated rings. The molecule has 17 heavy (non-hydrogen) atoms. The summed E-state index contributed by atoms with van der Waals surface area (Å²) in [5, 5.41) is 9.57. The number of phenols is 1. The van der Waals surface area contributed by atoms with E-state index in [-0.39, 0.29) is 11.7 Å². The lowest BCUT2D eigenvalue weighted by Gasteiger charge is -2.36. The molecule has 0 unspecified atom stereocenters. The number of nitrogens with zero attached hydrogens (tertiary/aromatic N) is 1. The Morgan fingerprint density at radius 1 is 1.35 bits per heavy atom. The number of fused-ring (bicyclic) bond motifs is 2. The Kier molecular flexibility index (Phi) is 2.16. The van der Waals surface area contributed by atoms with E-state index in [0.717, 1.165) is 31.5 Å². The highest BCUT2D eigenvalue weighted by atomic mass is 16.6. The Labute approximate surface area is 99.8 Å². The van der Waals surface area contributed by atoms with Gasteiger partial charge in [-0.3, -0.25) is 0 Å². The molecule has 0 radical (unpaired) electrons. The highest BCUT2D eigenvalue weighted by Gasteiger charge is 2.46. The van der Waals surface area contributed by atoms with Crippen molar-refractivity contribution in [2.75, 3.05) is 20.1 Å². The number of esters is 1. The molecule has 1 aromatic carbocycles. The van der Waals surface area contributed by atoms with Gasteiger partial charge in [0.1, 0.15) is 11.4 Å². The second-order valence-electron chi connectivity index (χ2n) is 4.92. The van der Waals surface area contributed by atoms with Crippen molar-refractivity contribution in [3.8, 4) is 5.75 Å². The fraction of sp³-hybridized carbons (Fsp3) is 0.462. The number of phenolic OH excluding ortho intramolecular Hbond substituents is 1. The third-order valence-electron chi connectivity index (χ3n) is 3.80. The summed E-state index contributed by atoms with van der Waals surface area (Å²) in [4.78, 5) is 14.0. The topological polar surface area (TPSA) is 49.8 Å². The Balaban J connectivity index is 2.05. The predicted molar refractivity (Wildman–Crippen MR) is 61.9 cm³/mol. The van der Waals surface area contributed by atoms with Crippen LogP contribution in [0.5, 0.6) is 5.75 Å². The SMILES string of the molecule is CN1CCC2(CC1)OC(=O)c1ccc(O)cc12. The Morgan fingerprint density at radius 3 is 2.76 bits per heavy atom. The van der Waals surface area contributed by atoms with Crippen LogP contribution in [0.15, 0.2) is 18.2 Å². The van der Waals surface area contributed by atoms with Crippen LogP contribution in [0.1, 0.15) is 28.8 Å². The summed E-state index contributed by atoms with van der Waals surface area (Å²) in [5.41, 5.74) is 0.959. The van der Waals surface area contributed by atoms with Gasteiger partial charge in [-0.15, -0.1) is 0 Å². The molecule has 4 nitrogen and oxygen atoms in total. The number of likely N-dealkylation sites (tertiary alicyclic amines) is 1. The van der Waals surface area contributed by atoms with Crippen molar-refractivity contribution >= 4 is 5.97 Å². The molecule has 1 aromatic rings. The zero-order valence-corrected chi connectivity index (χ0v) is 9.77. The van der Waals surface area contributed by atoms with Gasteiger partial charge in [0.2, 0.25) is 0 Å². The number of benzene rings is 1. The second-order valence-corrected chi connectivity index (χ2v) is 4.92. The molecule has 0 aliphatic carbocycles.